The summed E-state index contributed by atoms with van der Waals surface area (Å²) in [5.74, 6) is 0.102. The van der Waals surface area contributed by atoms with Crippen LogP contribution in [0.5, 0.6) is 5.75 Å². The Labute approximate surface area is 247 Å². The zero-order valence-electron chi connectivity index (χ0n) is 24.3. The highest BCUT2D eigenvalue weighted by atomic mass is 16.5. The first kappa shape index (κ1) is 30.5. The Kier molecular flexibility index (Phi) is 10.9. The van der Waals surface area contributed by atoms with Crippen molar-refractivity contribution in [2.24, 2.45) is 0 Å². The van der Waals surface area contributed by atoms with Crippen LogP contribution in [-0.4, -0.2) is 42.7 Å². The van der Waals surface area contributed by atoms with E-state index in [0.717, 1.165) is 22.4 Å². The van der Waals surface area contributed by atoms with Gasteiger partial charge in [-0.2, -0.15) is 0 Å². The van der Waals surface area contributed by atoms with Crippen molar-refractivity contribution in [3.63, 3.8) is 0 Å². The number of carbonyl (C=O) groups is 2. The molecule has 0 saturated heterocycles. The van der Waals surface area contributed by atoms with Gasteiger partial charge in [-0.25, -0.2) is 0 Å². The number of carbonyl (C=O) groups excluding carboxylic acids is 2. The molecular weight excluding hydrogens is 526 g/mol. The van der Waals surface area contributed by atoms with Crippen molar-refractivity contribution in [2.45, 2.75) is 44.5 Å². The largest absolute Gasteiger partial charge is 0.497 e. The maximum absolute atomic E-state index is 13.4. The highest BCUT2D eigenvalue weighted by molar-refractivity contribution is 5.99. The Hall–Kier alpha value is -4.46. The van der Waals surface area contributed by atoms with Crippen LogP contribution in [0.1, 0.15) is 63.3 Å². The van der Waals surface area contributed by atoms with Crippen molar-refractivity contribution < 1.29 is 19.4 Å². The van der Waals surface area contributed by atoms with E-state index in [0.29, 0.717) is 24.1 Å². The predicted octanol–water partition coefficient (Wildman–Crippen LogP) is 5.24. The molecule has 4 aromatic carbocycles. The van der Waals surface area contributed by atoms with Gasteiger partial charge in [0.25, 0.3) is 11.8 Å². The summed E-state index contributed by atoms with van der Waals surface area (Å²) in [5.41, 5.74) is 3.77. The van der Waals surface area contributed by atoms with Gasteiger partial charge in [0.2, 0.25) is 0 Å². The molecule has 0 heterocycles. The molecule has 4 aromatic rings. The normalized spacial score (nSPS) is 13.8. The third kappa shape index (κ3) is 8.52. The molecule has 4 rings (SSSR count). The minimum absolute atomic E-state index is 0.0319. The molecule has 7 heteroatoms. The smallest absolute Gasteiger partial charge is 0.251 e. The number of hydrogen-bond acceptors (Lipinski definition) is 5. The van der Waals surface area contributed by atoms with E-state index < -0.39 is 12.1 Å². The van der Waals surface area contributed by atoms with E-state index in [1.54, 1.807) is 31.4 Å². The number of hydrogen-bond donors (Lipinski definition) is 4. The zero-order valence-corrected chi connectivity index (χ0v) is 24.3. The summed E-state index contributed by atoms with van der Waals surface area (Å²) in [6.45, 7) is 4.23. The minimum Gasteiger partial charge on any atom is -0.497 e. The molecule has 0 aromatic heterocycles. The van der Waals surface area contributed by atoms with Crippen LogP contribution in [0.15, 0.2) is 109 Å². The molecule has 0 spiro atoms. The van der Waals surface area contributed by atoms with Gasteiger partial charge in [-0.05, 0) is 67.3 Å². The molecule has 0 saturated carbocycles. The summed E-state index contributed by atoms with van der Waals surface area (Å²) in [7, 11) is 1.61. The highest BCUT2D eigenvalue weighted by Crippen LogP contribution is 2.18. The lowest BCUT2D eigenvalue weighted by Crippen LogP contribution is -2.49. The molecular formula is C35H39N3O4. The lowest BCUT2D eigenvalue weighted by molar-refractivity contribution is 0.0825. The van der Waals surface area contributed by atoms with Crippen molar-refractivity contribution in [1.29, 1.82) is 0 Å². The number of aliphatic hydroxyl groups is 1. The molecule has 7 nitrogen and oxygen atoms in total. The highest BCUT2D eigenvalue weighted by Gasteiger charge is 2.24. The van der Waals surface area contributed by atoms with Crippen molar-refractivity contribution in [3.05, 3.63) is 137 Å². The summed E-state index contributed by atoms with van der Waals surface area (Å²) in [4.78, 5) is 26.5. The summed E-state index contributed by atoms with van der Waals surface area (Å²) in [6.07, 6.45) is -0.397. The van der Waals surface area contributed by atoms with Gasteiger partial charge in [-0.15, -0.1) is 0 Å². The fourth-order valence-electron chi connectivity index (χ4n) is 4.76. The van der Waals surface area contributed by atoms with Crippen LogP contribution < -0.4 is 20.7 Å². The minimum atomic E-state index is -0.850. The predicted molar refractivity (Wildman–Crippen MR) is 166 cm³/mol. The van der Waals surface area contributed by atoms with Gasteiger partial charge in [0.1, 0.15) is 5.75 Å². The summed E-state index contributed by atoms with van der Waals surface area (Å²) in [6, 6.07) is 33.1. The number of nitrogens with one attached hydrogen (secondary N) is 3. The molecule has 218 valence electrons. The Balaban J connectivity index is 1.43. The second kappa shape index (κ2) is 15.0. The molecule has 2 amide bonds. The van der Waals surface area contributed by atoms with Crippen LogP contribution in [0.2, 0.25) is 0 Å². The molecule has 4 atom stereocenters. The molecule has 0 aliphatic rings. The number of methoxy groups -OCH3 is 1. The molecule has 0 aliphatic carbocycles. The van der Waals surface area contributed by atoms with Crippen molar-refractivity contribution in [3.8, 4) is 5.75 Å². The third-order valence-corrected chi connectivity index (χ3v) is 7.36. The molecule has 0 radical (unpaired) electrons. The Morgan fingerprint density at radius 1 is 0.714 bits per heavy atom. The average molecular weight is 566 g/mol. The third-order valence-electron chi connectivity index (χ3n) is 7.36. The first-order chi connectivity index (χ1) is 20.3. The van der Waals surface area contributed by atoms with E-state index in [1.807, 2.05) is 98.8 Å². The monoisotopic (exact) mass is 565 g/mol. The zero-order chi connectivity index (χ0) is 29.9. The van der Waals surface area contributed by atoms with Crippen molar-refractivity contribution in [2.75, 3.05) is 13.7 Å². The van der Waals surface area contributed by atoms with Gasteiger partial charge in [-0.3, -0.25) is 9.59 Å². The maximum atomic E-state index is 13.4. The lowest BCUT2D eigenvalue weighted by atomic mass is 9.99. The fourth-order valence-corrected chi connectivity index (χ4v) is 4.76. The van der Waals surface area contributed by atoms with Crippen LogP contribution in [-0.2, 0) is 6.42 Å². The molecule has 42 heavy (non-hydrogen) atoms. The van der Waals surface area contributed by atoms with Crippen LogP contribution in [0, 0.1) is 0 Å². The first-order valence-electron chi connectivity index (χ1n) is 14.2. The maximum Gasteiger partial charge on any atom is 0.251 e. The lowest BCUT2D eigenvalue weighted by Gasteiger charge is -2.26. The second-order valence-corrected chi connectivity index (χ2v) is 10.4. The molecule has 0 aliphatic heterocycles. The standard InChI is InChI=1S/C35H39N3O4/c1-24(27-13-8-5-9-14-27)36-23-33(39)32(21-26-11-6-4-7-12-26)38-35(41)30-16-10-15-29(22-30)34(40)37-25(2)28-17-19-31(42-3)20-18-28/h4-20,22,24-25,32-33,36,39H,21,23H2,1-3H3,(H,37,40)(H,38,41)/t24-,25+,32-,33+/m0/s1. The van der Waals surface area contributed by atoms with Crippen molar-refractivity contribution in [1.82, 2.24) is 16.0 Å². The van der Waals surface area contributed by atoms with Gasteiger partial charge < -0.3 is 25.8 Å². The van der Waals surface area contributed by atoms with E-state index >= 15 is 0 Å². The summed E-state index contributed by atoms with van der Waals surface area (Å²) in [5, 5.41) is 20.6. The Morgan fingerprint density at radius 2 is 1.29 bits per heavy atom. The van der Waals surface area contributed by atoms with E-state index in [2.05, 4.69) is 16.0 Å². The quantitative estimate of drug-likeness (QED) is 0.178. The number of rotatable bonds is 13. The van der Waals surface area contributed by atoms with Gasteiger partial charge in [0, 0.05) is 23.7 Å². The van der Waals surface area contributed by atoms with Gasteiger partial charge in [0.05, 0.1) is 25.3 Å². The molecule has 0 unspecified atom stereocenters. The first-order valence-corrected chi connectivity index (χ1v) is 14.2. The van der Waals surface area contributed by atoms with E-state index in [-0.39, 0.29) is 23.9 Å². The summed E-state index contributed by atoms with van der Waals surface area (Å²) >= 11 is 0. The van der Waals surface area contributed by atoms with E-state index in [4.69, 9.17) is 4.74 Å². The van der Waals surface area contributed by atoms with Gasteiger partial charge in [0.15, 0.2) is 0 Å². The van der Waals surface area contributed by atoms with Gasteiger partial charge >= 0.3 is 0 Å². The SMILES string of the molecule is COc1ccc([C@@H](C)NC(=O)c2cccc(C(=O)N[C@@H](Cc3ccccc3)[C@H](O)CN[C@@H](C)c3ccccc3)c2)cc1. The van der Waals surface area contributed by atoms with Crippen LogP contribution >= 0.6 is 0 Å². The van der Waals surface area contributed by atoms with Crippen LogP contribution in [0.4, 0.5) is 0 Å². The Bertz CT molecular complexity index is 1430. The molecule has 0 fully saturated rings. The Morgan fingerprint density at radius 3 is 1.90 bits per heavy atom. The number of benzene rings is 4. The van der Waals surface area contributed by atoms with Crippen LogP contribution in [0.3, 0.4) is 0 Å². The average Bonchev–Trinajstić information content (AvgIpc) is 3.04. The number of ether oxygens (including phenoxy) is 1. The molecule has 0 bridgehead atoms. The number of aliphatic hydroxyl groups excluding tert-OH is 1. The van der Waals surface area contributed by atoms with E-state index in [1.165, 1.54) is 0 Å². The fraction of sp³-hybridized carbons (Fsp3) is 0.257. The number of amides is 2. The van der Waals surface area contributed by atoms with Gasteiger partial charge in [-0.1, -0.05) is 78.9 Å². The second-order valence-electron chi connectivity index (χ2n) is 10.4. The van der Waals surface area contributed by atoms with E-state index in [9.17, 15) is 14.7 Å². The molecule has 4 N–H and O–H groups in total. The van der Waals surface area contributed by atoms with Crippen LogP contribution in [0.25, 0.3) is 0 Å². The van der Waals surface area contributed by atoms with Crippen molar-refractivity contribution >= 4 is 11.8 Å². The topological polar surface area (TPSA) is 99.7 Å². The summed E-state index contributed by atoms with van der Waals surface area (Å²) < 4.78 is 5.21.